The molecule has 0 aliphatic carbocycles. The first-order valence-electron chi connectivity index (χ1n) is 15.7. The van der Waals surface area contributed by atoms with E-state index in [9.17, 15) is 10.0 Å². The van der Waals surface area contributed by atoms with E-state index < -0.39 is 0 Å². The summed E-state index contributed by atoms with van der Waals surface area (Å²) in [5.41, 5.74) is 6.30. The molecule has 6 nitrogen and oxygen atoms in total. The molecule has 1 unspecified atom stereocenters. The normalized spacial score (nSPS) is 11.2. The summed E-state index contributed by atoms with van der Waals surface area (Å²) >= 11 is 0.0417. The Morgan fingerprint density at radius 2 is 1.24 bits per heavy atom. The van der Waals surface area contributed by atoms with Crippen LogP contribution in [0.4, 0.5) is 0 Å². The Morgan fingerprint density at radius 1 is 0.854 bits per heavy atom. The first kappa shape index (κ1) is 45.0. The number of aryl methyl sites for hydroxylation is 1. The summed E-state index contributed by atoms with van der Waals surface area (Å²) < 4.78 is 0.770. The van der Waals surface area contributed by atoms with Gasteiger partial charge in [-0.25, -0.2) is 0 Å². The zero-order valence-corrected chi connectivity index (χ0v) is 30.5. The average Bonchev–Trinajstić information content (AvgIpc) is 2.89. The number of hydrogen-bond acceptors (Lipinski definition) is 7. The van der Waals surface area contributed by atoms with Crippen LogP contribution in [0.1, 0.15) is 142 Å². The molecule has 0 saturated heterocycles. The molecule has 0 aliphatic rings. The third-order valence-corrected chi connectivity index (χ3v) is 6.39. The molecule has 0 saturated carbocycles. The van der Waals surface area contributed by atoms with Gasteiger partial charge in [0.05, 0.1) is 12.3 Å². The van der Waals surface area contributed by atoms with Gasteiger partial charge in [-0.2, -0.15) is 4.73 Å². The molecule has 0 fully saturated rings. The topological polar surface area (TPSA) is 109 Å². The summed E-state index contributed by atoms with van der Waals surface area (Å²) in [4.78, 5) is 11.4. The fraction of sp³-hybridized carbons (Fsp3) is 0.844. The molecule has 0 aliphatic heterocycles. The van der Waals surface area contributed by atoms with Crippen molar-refractivity contribution in [1.82, 2.24) is 4.73 Å². The van der Waals surface area contributed by atoms with Crippen LogP contribution in [0, 0.1) is 18.3 Å². The van der Waals surface area contributed by atoms with E-state index in [1.807, 2.05) is 13.0 Å². The molecule has 9 heteroatoms. The maximum atomic E-state index is 11.4. The Labute approximate surface area is 266 Å². The Hall–Kier alpha value is -0.411. The van der Waals surface area contributed by atoms with Gasteiger partial charge in [-0.15, -0.1) is 0 Å². The van der Waals surface area contributed by atoms with Crippen molar-refractivity contribution in [2.45, 2.75) is 144 Å². The van der Waals surface area contributed by atoms with Gasteiger partial charge >= 0.3 is 32.8 Å². The van der Waals surface area contributed by atoms with Gasteiger partial charge in [0, 0.05) is 19.2 Å². The molecule has 1 rings (SSSR count). The fourth-order valence-electron chi connectivity index (χ4n) is 4.69. The Bertz CT molecular complexity index is 779. The van der Waals surface area contributed by atoms with E-state index in [4.69, 9.17) is 15.9 Å². The van der Waals surface area contributed by atoms with Gasteiger partial charge in [0.15, 0.2) is 0 Å². The number of rotatable bonds is 18. The minimum absolute atomic E-state index is 0.0417. The number of unbranched alkanes of at least 4 members (excludes halogenated alkanes) is 13. The molecule has 5 N–H and O–H groups in total. The third kappa shape index (κ3) is 35.7. The molecular weight excluding hydrogens is 619 g/mol. The summed E-state index contributed by atoms with van der Waals surface area (Å²) in [6.45, 7) is 13.7. The number of pyridine rings is 1. The first-order chi connectivity index (χ1) is 19.4. The second-order valence-corrected chi connectivity index (χ2v) is 15.3. The van der Waals surface area contributed by atoms with Gasteiger partial charge in [-0.1, -0.05) is 118 Å². The Balaban J connectivity index is -0.000000573. The third-order valence-electron chi connectivity index (χ3n) is 6.39. The molecule has 41 heavy (non-hydrogen) atoms. The zero-order chi connectivity index (χ0) is 31.9. The van der Waals surface area contributed by atoms with Crippen molar-refractivity contribution in [2.75, 3.05) is 19.8 Å². The molecule has 0 aromatic carbocycles. The van der Waals surface area contributed by atoms with E-state index in [0.29, 0.717) is 24.8 Å². The monoisotopic (exact) mass is 684 g/mol. The predicted octanol–water partition coefficient (Wildman–Crippen LogP) is 8.32. The standard InChI is InChI=1S/C16H34O.C14H23NO2.C2H7NO.S2Se/c1-2-3-4-5-6-7-8-9-10-11-12-13-14-15-16-17;1-10-6-12(15(17)13(16)8-10)7-11(2)9-14(3,4)5;3-1-2-4;1-3-2/h17H,2-16H2,1H3;6,8,11,17H,7,9H2,1-5H3;4H,1-3H2;. The average molecular weight is 684 g/mol. The molecule has 1 aromatic heterocycles. The Kier molecular flexibility index (Phi) is 35.7. The quantitative estimate of drug-likeness (QED) is 0.0700. The van der Waals surface area contributed by atoms with E-state index in [1.54, 1.807) is 0 Å². The van der Waals surface area contributed by atoms with Crippen molar-refractivity contribution in [3.05, 3.63) is 33.7 Å². The molecular formula is C32H64N2O4S2Se. The van der Waals surface area contributed by atoms with Gasteiger partial charge in [0.25, 0.3) is 5.56 Å². The molecule has 244 valence electrons. The molecule has 0 spiro atoms. The van der Waals surface area contributed by atoms with Gasteiger partial charge < -0.3 is 21.2 Å². The first-order valence-corrected chi connectivity index (χ1v) is 20.6. The van der Waals surface area contributed by atoms with Gasteiger partial charge in [-0.05, 0) is 49.1 Å². The SMILES string of the molecule is CCCCCCCCCCCCCCCCO.Cc1cc(CC(C)CC(C)(C)C)n(O)c(=O)c1.NCCO.S=[Se]=S. The van der Waals surface area contributed by atoms with E-state index in [-0.39, 0.29) is 29.3 Å². The van der Waals surface area contributed by atoms with E-state index in [2.05, 4.69) is 55.7 Å². The van der Waals surface area contributed by atoms with Crippen LogP contribution >= 0.6 is 21.1 Å². The zero-order valence-electron chi connectivity index (χ0n) is 27.2. The van der Waals surface area contributed by atoms with Crippen molar-refractivity contribution in [1.29, 1.82) is 0 Å². The van der Waals surface area contributed by atoms with Crippen LogP contribution in [0.5, 0.6) is 0 Å². The van der Waals surface area contributed by atoms with E-state index in [1.165, 1.54) is 89.5 Å². The van der Waals surface area contributed by atoms with Gasteiger partial charge in [-0.3, -0.25) is 4.79 Å². The summed E-state index contributed by atoms with van der Waals surface area (Å²) in [6.07, 6.45) is 21.0. The number of nitrogens with two attached hydrogens (primary N) is 1. The van der Waals surface area contributed by atoms with Crippen LogP contribution in [0.15, 0.2) is 16.9 Å². The van der Waals surface area contributed by atoms with Gasteiger partial charge in [0.1, 0.15) is 0 Å². The predicted molar refractivity (Wildman–Crippen MR) is 184 cm³/mol. The van der Waals surface area contributed by atoms with Crippen LogP contribution in [-0.4, -0.2) is 51.6 Å². The van der Waals surface area contributed by atoms with Crippen molar-refractivity contribution < 1.29 is 15.4 Å². The number of aliphatic hydroxyl groups excluding tert-OH is 2. The Morgan fingerprint density at radius 3 is 1.59 bits per heavy atom. The van der Waals surface area contributed by atoms with Gasteiger partial charge in [0.2, 0.25) is 0 Å². The summed E-state index contributed by atoms with van der Waals surface area (Å²) in [7, 11) is 8.54. The second-order valence-electron chi connectivity index (χ2n) is 12.1. The second kappa shape index (κ2) is 32.5. The number of aliphatic hydroxyl groups is 2. The van der Waals surface area contributed by atoms with E-state index >= 15 is 0 Å². The maximum absolute atomic E-state index is 11.4. The molecule has 1 heterocycles. The number of hydrogen-bond donors (Lipinski definition) is 4. The molecule has 1 atom stereocenters. The van der Waals surface area contributed by atoms with Crippen molar-refractivity contribution in [3.8, 4) is 0 Å². The van der Waals surface area contributed by atoms with Crippen LogP contribution in [-0.2, 0) is 6.42 Å². The molecule has 0 amide bonds. The molecule has 0 bridgehead atoms. The summed E-state index contributed by atoms with van der Waals surface area (Å²) in [5, 5.41) is 26.1. The van der Waals surface area contributed by atoms with Crippen molar-refractivity contribution in [2.24, 2.45) is 17.1 Å². The number of nitrogens with zero attached hydrogens (tertiary/aromatic N) is 1. The molecule has 0 radical (unpaired) electrons. The van der Waals surface area contributed by atoms with Crippen LogP contribution in [0.2, 0.25) is 0 Å². The van der Waals surface area contributed by atoms with Crippen LogP contribution in [0.3, 0.4) is 0 Å². The summed E-state index contributed by atoms with van der Waals surface area (Å²) in [6, 6.07) is 3.32. The van der Waals surface area contributed by atoms with Crippen molar-refractivity contribution in [3.63, 3.8) is 0 Å². The van der Waals surface area contributed by atoms with E-state index in [0.717, 1.165) is 29.6 Å². The molecule has 1 aromatic rings. The van der Waals surface area contributed by atoms with Crippen LogP contribution < -0.4 is 11.3 Å². The van der Waals surface area contributed by atoms with Crippen LogP contribution in [0.25, 0.3) is 0 Å². The van der Waals surface area contributed by atoms with Crippen molar-refractivity contribution >= 4 is 32.8 Å². The fourth-order valence-corrected chi connectivity index (χ4v) is 4.69. The summed E-state index contributed by atoms with van der Waals surface area (Å²) in [5.74, 6) is 0.439. The number of aromatic nitrogens is 1. The minimum atomic E-state index is -0.344.